The summed E-state index contributed by atoms with van der Waals surface area (Å²) < 4.78 is 0. The predicted molar refractivity (Wildman–Crippen MR) is 91.2 cm³/mol. The third kappa shape index (κ3) is 1.55. The molecule has 0 radical (unpaired) electrons. The van der Waals surface area contributed by atoms with Gasteiger partial charge in [0.25, 0.3) is 5.69 Å². The van der Waals surface area contributed by atoms with Gasteiger partial charge in [-0.2, -0.15) is 0 Å². The van der Waals surface area contributed by atoms with Gasteiger partial charge >= 0.3 is 0 Å². The number of hydrogen-bond donors (Lipinski definition) is 0. The largest absolute Gasteiger partial charge is 0.317 e. The van der Waals surface area contributed by atoms with Crippen LogP contribution in [0.2, 0.25) is 0 Å². The van der Waals surface area contributed by atoms with E-state index in [1.807, 2.05) is 36.6 Å². The molecular formula is C19H12N2O2. The van der Waals surface area contributed by atoms with Gasteiger partial charge in [0.15, 0.2) is 0 Å². The van der Waals surface area contributed by atoms with Crippen LogP contribution in [-0.2, 0) is 0 Å². The summed E-state index contributed by atoms with van der Waals surface area (Å²) in [6.07, 6.45) is 14.3. The van der Waals surface area contributed by atoms with E-state index in [1.165, 1.54) is 0 Å². The van der Waals surface area contributed by atoms with Crippen molar-refractivity contribution >= 4 is 28.2 Å². The summed E-state index contributed by atoms with van der Waals surface area (Å²) >= 11 is 0. The number of anilines is 1. The maximum Gasteiger partial charge on any atom is 0.277 e. The molecule has 2 heterocycles. The Morgan fingerprint density at radius 1 is 1.09 bits per heavy atom. The van der Waals surface area contributed by atoms with Crippen molar-refractivity contribution in [1.82, 2.24) is 0 Å². The number of nitrogens with zero attached hydrogens (tertiary/aromatic N) is 2. The lowest BCUT2D eigenvalue weighted by molar-refractivity contribution is -0.384. The van der Waals surface area contributed by atoms with Crippen molar-refractivity contribution in [2.45, 2.75) is 5.92 Å². The maximum absolute atomic E-state index is 11.4. The summed E-state index contributed by atoms with van der Waals surface area (Å²) in [7, 11) is 0. The van der Waals surface area contributed by atoms with Crippen molar-refractivity contribution in [1.29, 1.82) is 0 Å². The smallest absolute Gasteiger partial charge is 0.277 e. The molecule has 0 fully saturated rings. The van der Waals surface area contributed by atoms with Gasteiger partial charge in [-0.05, 0) is 41.3 Å². The Balaban J connectivity index is 1.90. The minimum absolute atomic E-state index is 0.158. The van der Waals surface area contributed by atoms with E-state index in [0.29, 0.717) is 5.56 Å². The highest BCUT2D eigenvalue weighted by atomic mass is 16.6. The molecule has 0 saturated heterocycles. The van der Waals surface area contributed by atoms with Crippen molar-refractivity contribution < 1.29 is 4.92 Å². The first-order valence-electron chi connectivity index (χ1n) is 7.52. The monoisotopic (exact) mass is 300 g/mol. The molecule has 1 atom stereocenters. The van der Waals surface area contributed by atoms with Gasteiger partial charge in [0.05, 0.1) is 16.2 Å². The normalized spacial score (nSPS) is 19.7. The molecule has 1 aliphatic carbocycles. The van der Waals surface area contributed by atoms with E-state index in [-0.39, 0.29) is 16.5 Å². The van der Waals surface area contributed by atoms with Gasteiger partial charge < -0.3 is 4.90 Å². The van der Waals surface area contributed by atoms with Crippen LogP contribution >= 0.6 is 0 Å². The van der Waals surface area contributed by atoms with Crippen LogP contribution in [0.3, 0.4) is 0 Å². The molecule has 0 bridgehead atoms. The zero-order chi connectivity index (χ0) is 15.6. The Kier molecular flexibility index (Phi) is 2.26. The fraction of sp³-hybridized carbons (Fsp3) is 0.0526. The Labute approximate surface area is 132 Å². The van der Waals surface area contributed by atoms with E-state index >= 15 is 0 Å². The molecule has 0 aromatic heterocycles. The van der Waals surface area contributed by atoms with Gasteiger partial charge in [-0.15, -0.1) is 0 Å². The summed E-state index contributed by atoms with van der Waals surface area (Å²) in [6.45, 7) is 0. The molecule has 110 valence electrons. The SMILES string of the molecule is O=[N+]([O-])c1ccc2ccc3c4c2c1C=CC4C=C1C=CC=CN13. The lowest BCUT2D eigenvalue weighted by atomic mass is 9.81. The van der Waals surface area contributed by atoms with E-state index in [0.717, 1.165) is 27.7 Å². The molecule has 2 aromatic carbocycles. The molecule has 1 unspecified atom stereocenters. The number of hydrogen-bond acceptors (Lipinski definition) is 3. The van der Waals surface area contributed by atoms with Crippen LogP contribution in [0, 0.1) is 10.1 Å². The second-order valence-electron chi connectivity index (χ2n) is 5.90. The lowest BCUT2D eigenvalue weighted by Gasteiger charge is -2.35. The summed E-state index contributed by atoms with van der Waals surface area (Å²) in [5.74, 6) is 0.158. The van der Waals surface area contributed by atoms with Gasteiger partial charge in [0.1, 0.15) is 0 Å². The minimum Gasteiger partial charge on any atom is -0.317 e. The highest BCUT2D eigenvalue weighted by Gasteiger charge is 2.30. The molecule has 2 aromatic rings. The topological polar surface area (TPSA) is 46.4 Å². The van der Waals surface area contributed by atoms with Crippen molar-refractivity contribution in [3.8, 4) is 0 Å². The number of benzene rings is 2. The molecule has 3 aliphatic rings. The number of nitro benzene ring substituents is 1. The van der Waals surface area contributed by atoms with Gasteiger partial charge in [0.2, 0.25) is 0 Å². The van der Waals surface area contributed by atoms with Crippen molar-refractivity contribution in [2.24, 2.45) is 0 Å². The van der Waals surface area contributed by atoms with Crippen molar-refractivity contribution in [3.63, 3.8) is 0 Å². The quantitative estimate of drug-likeness (QED) is 0.569. The number of allylic oxidation sites excluding steroid dienone is 5. The highest BCUT2D eigenvalue weighted by Crippen LogP contribution is 2.48. The molecule has 2 aliphatic heterocycles. The number of nitro groups is 1. The van der Waals surface area contributed by atoms with E-state index in [9.17, 15) is 10.1 Å². The lowest BCUT2D eigenvalue weighted by Crippen LogP contribution is -2.23. The summed E-state index contributed by atoms with van der Waals surface area (Å²) in [5.41, 5.74) is 4.29. The van der Waals surface area contributed by atoms with Gasteiger partial charge in [0, 0.05) is 29.3 Å². The van der Waals surface area contributed by atoms with E-state index in [4.69, 9.17) is 0 Å². The van der Waals surface area contributed by atoms with Gasteiger partial charge in [-0.1, -0.05) is 24.3 Å². The third-order valence-corrected chi connectivity index (χ3v) is 4.72. The molecule has 5 rings (SSSR count). The second kappa shape index (κ2) is 4.20. The van der Waals surface area contributed by atoms with Crippen molar-refractivity contribution in [3.05, 3.63) is 87.8 Å². The first-order chi connectivity index (χ1) is 11.2. The van der Waals surface area contributed by atoms with Crippen LogP contribution < -0.4 is 4.90 Å². The molecule has 4 nitrogen and oxygen atoms in total. The molecule has 0 spiro atoms. The van der Waals surface area contributed by atoms with E-state index < -0.39 is 0 Å². The van der Waals surface area contributed by atoms with Crippen molar-refractivity contribution in [2.75, 3.05) is 4.90 Å². The zero-order valence-electron chi connectivity index (χ0n) is 12.1. The van der Waals surface area contributed by atoms with Crippen LogP contribution in [0.5, 0.6) is 0 Å². The standard InChI is InChI=1S/C19H12N2O2/c22-21(23)16-8-5-12-6-9-17-19-13(4-7-15(16)18(12)19)11-14-3-1-2-10-20(14)17/h1-11,13H. The highest BCUT2D eigenvalue weighted by molar-refractivity contribution is 6.03. The maximum atomic E-state index is 11.4. The van der Waals surface area contributed by atoms with E-state index in [1.54, 1.807) is 6.07 Å². The van der Waals surface area contributed by atoms with Gasteiger partial charge in [-0.3, -0.25) is 10.1 Å². The van der Waals surface area contributed by atoms with Gasteiger partial charge in [-0.25, -0.2) is 0 Å². The molecule has 23 heavy (non-hydrogen) atoms. The number of rotatable bonds is 1. The van der Waals surface area contributed by atoms with Crippen LogP contribution in [0.1, 0.15) is 17.0 Å². The minimum atomic E-state index is -0.299. The first kappa shape index (κ1) is 12.4. The van der Waals surface area contributed by atoms with Crippen LogP contribution in [0.25, 0.3) is 16.8 Å². The average Bonchev–Trinajstić information content (AvgIpc) is 2.58. The second-order valence-corrected chi connectivity index (χ2v) is 5.90. The first-order valence-corrected chi connectivity index (χ1v) is 7.52. The Hall–Kier alpha value is -3.14. The van der Waals surface area contributed by atoms with Crippen LogP contribution in [0.15, 0.2) is 66.5 Å². The van der Waals surface area contributed by atoms with Crippen LogP contribution in [-0.4, -0.2) is 4.92 Å². The molecule has 0 amide bonds. The fourth-order valence-electron chi connectivity index (χ4n) is 3.76. The molecule has 0 N–H and O–H groups in total. The molecule has 0 saturated carbocycles. The Morgan fingerprint density at radius 3 is 2.83 bits per heavy atom. The fourth-order valence-corrected chi connectivity index (χ4v) is 3.76. The van der Waals surface area contributed by atoms with Crippen LogP contribution in [0.4, 0.5) is 11.4 Å². The zero-order valence-corrected chi connectivity index (χ0v) is 12.1. The molecule has 4 heteroatoms. The predicted octanol–water partition coefficient (Wildman–Crippen LogP) is 4.65. The third-order valence-electron chi connectivity index (χ3n) is 4.72. The number of fused-ring (bicyclic) bond motifs is 2. The average molecular weight is 300 g/mol. The molecular weight excluding hydrogens is 288 g/mol. The van der Waals surface area contributed by atoms with E-state index in [2.05, 4.69) is 29.2 Å². The Morgan fingerprint density at radius 2 is 1.96 bits per heavy atom. The summed E-state index contributed by atoms with van der Waals surface area (Å²) in [6, 6.07) is 7.60. The summed E-state index contributed by atoms with van der Waals surface area (Å²) in [5, 5.41) is 13.4. The summed E-state index contributed by atoms with van der Waals surface area (Å²) in [4.78, 5) is 13.2. The Bertz CT molecular complexity index is 1010.